The molecule has 23 heavy (non-hydrogen) atoms. The van der Waals surface area contributed by atoms with Gasteiger partial charge >= 0.3 is 0 Å². The van der Waals surface area contributed by atoms with Crippen molar-refractivity contribution in [1.29, 1.82) is 0 Å². The van der Waals surface area contributed by atoms with E-state index in [2.05, 4.69) is 20.2 Å². The number of aromatic nitrogens is 2. The number of nitrogens with zero attached hydrogens (tertiary/aromatic N) is 3. The molecular formula is C16H24N4O3. The van der Waals surface area contributed by atoms with Crippen molar-refractivity contribution in [1.82, 2.24) is 15.3 Å². The SMILES string of the molecule is O=C(COCC1CCCO1)NC1CCN(c2cnccn2)CC1. The van der Waals surface area contributed by atoms with Crippen molar-refractivity contribution < 1.29 is 14.3 Å². The average molecular weight is 320 g/mol. The maximum Gasteiger partial charge on any atom is 0.246 e. The minimum atomic E-state index is -0.0408. The summed E-state index contributed by atoms with van der Waals surface area (Å²) in [7, 11) is 0. The molecule has 3 rings (SSSR count). The molecule has 3 heterocycles. The molecule has 2 fully saturated rings. The van der Waals surface area contributed by atoms with Crippen LogP contribution in [0.15, 0.2) is 18.6 Å². The number of rotatable bonds is 6. The van der Waals surface area contributed by atoms with Crippen LogP contribution in [0, 0.1) is 0 Å². The first-order valence-electron chi connectivity index (χ1n) is 8.31. The van der Waals surface area contributed by atoms with Gasteiger partial charge in [0.1, 0.15) is 12.4 Å². The Bertz CT molecular complexity index is 485. The highest BCUT2D eigenvalue weighted by Gasteiger charge is 2.22. The first kappa shape index (κ1) is 16.1. The topological polar surface area (TPSA) is 76.6 Å². The lowest BCUT2D eigenvalue weighted by molar-refractivity contribution is -0.127. The molecule has 0 radical (unpaired) electrons. The number of carbonyl (C=O) groups is 1. The van der Waals surface area contributed by atoms with E-state index in [0.29, 0.717) is 6.61 Å². The van der Waals surface area contributed by atoms with Gasteiger partial charge < -0.3 is 19.7 Å². The monoisotopic (exact) mass is 320 g/mol. The molecule has 0 saturated carbocycles. The highest BCUT2D eigenvalue weighted by molar-refractivity contribution is 5.77. The number of anilines is 1. The minimum Gasteiger partial charge on any atom is -0.376 e. The molecule has 0 aliphatic carbocycles. The van der Waals surface area contributed by atoms with E-state index in [-0.39, 0.29) is 24.7 Å². The van der Waals surface area contributed by atoms with Crippen LogP contribution in [0.5, 0.6) is 0 Å². The van der Waals surface area contributed by atoms with E-state index in [9.17, 15) is 4.79 Å². The number of hydrogen-bond donors (Lipinski definition) is 1. The molecule has 1 amide bonds. The van der Waals surface area contributed by atoms with Gasteiger partial charge in [0.05, 0.1) is 18.9 Å². The van der Waals surface area contributed by atoms with Gasteiger partial charge in [-0.3, -0.25) is 9.78 Å². The second-order valence-electron chi connectivity index (χ2n) is 6.04. The van der Waals surface area contributed by atoms with Crippen LogP contribution in [-0.2, 0) is 14.3 Å². The molecule has 126 valence electrons. The molecule has 2 aliphatic rings. The molecule has 7 nitrogen and oxygen atoms in total. The van der Waals surface area contributed by atoms with E-state index in [4.69, 9.17) is 9.47 Å². The third-order valence-corrected chi connectivity index (χ3v) is 4.29. The molecule has 1 atom stereocenters. The third-order valence-electron chi connectivity index (χ3n) is 4.29. The molecule has 7 heteroatoms. The lowest BCUT2D eigenvalue weighted by Crippen LogP contribution is -2.46. The van der Waals surface area contributed by atoms with Gasteiger partial charge in [0.2, 0.25) is 5.91 Å². The van der Waals surface area contributed by atoms with E-state index in [0.717, 1.165) is 51.2 Å². The fourth-order valence-corrected chi connectivity index (χ4v) is 3.04. The van der Waals surface area contributed by atoms with Crippen LogP contribution in [0.4, 0.5) is 5.82 Å². The van der Waals surface area contributed by atoms with Crippen molar-refractivity contribution in [3.8, 4) is 0 Å². The van der Waals surface area contributed by atoms with Crippen LogP contribution < -0.4 is 10.2 Å². The standard InChI is InChI=1S/C16H24N4O3/c21-16(12-22-11-14-2-1-9-23-14)19-13-3-7-20(8-4-13)15-10-17-5-6-18-15/h5-6,10,13-14H,1-4,7-9,11-12H2,(H,19,21). The van der Waals surface area contributed by atoms with Gasteiger partial charge in [-0.25, -0.2) is 4.98 Å². The summed E-state index contributed by atoms with van der Waals surface area (Å²) in [4.78, 5) is 22.5. The van der Waals surface area contributed by atoms with Crippen molar-refractivity contribution in [3.05, 3.63) is 18.6 Å². The summed E-state index contributed by atoms with van der Waals surface area (Å²) in [6, 6.07) is 0.210. The summed E-state index contributed by atoms with van der Waals surface area (Å²) in [6.45, 7) is 3.19. The van der Waals surface area contributed by atoms with Gasteiger partial charge in [-0.05, 0) is 25.7 Å². The zero-order valence-corrected chi connectivity index (χ0v) is 13.3. The van der Waals surface area contributed by atoms with Gasteiger partial charge in [-0.1, -0.05) is 0 Å². The van der Waals surface area contributed by atoms with Crippen molar-refractivity contribution in [2.24, 2.45) is 0 Å². The Kier molecular flexibility index (Phi) is 5.76. The number of nitrogens with one attached hydrogen (secondary N) is 1. The summed E-state index contributed by atoms with van der Waals surface area (Å²) >= 11 is 0. The number of amides is 1. The van der Waals surface area contributed by atoms with E-state index in [1.165, 1.54) is 0 Å². The number of ether oxygens (including phenoxy) is 2. The van der Waals surface area contributed by atoms with Crippen molar-refractivity contribution in [2.75, 3.05) is 37.8 Å². The maximum absolute atomic E-state index is 11.9. The molecule has 0 bridgehead atoms. The Labute approximate surface area is 136 Å². The van der Waals surface area contributed by atoms with Gasteiger partial charge in [-0.2, -0.15) is 0 Å². The minimum absolute atomic E-state index is 0.0408. The molecule has 1 aromatic rings. The Morgan fingerprint density at radius 2 is 2.22 bits per heavy atom. The van der Waals surface area contributed by atoms with Crippen LogP contribution >= 0.6 is 0 Å². The summed E-state index contributed by atoms with van der Waals surface area (Å²) in [5, 5.41) is 3.05. The van der Waals surface area contributed by atoms with E-state index < -0.39 is 0 Å². The Balaban J connectivity index is 1.32. The van der Waals surface area contributed by atoms with E-state index in [1.807, 2.05) is 0 Å². The zero-order valence-electron chi connectivity index (χ0n) is 13.3. The lowest BCUT2D eigenvalue weighted by atomic mass is 10.1. The van der Waals surface area contributed by atoms with Crippen LogP contribution in [0.1, 0.15) is 25.7 Å². The molecule has 0 aromatic carbocycles. The second-order valence-corrected chi connectivity index (χ2v) is 6.04. The predicted molar refractivity (Wildman–Crippen MR) is 85.2 cm³/mol. The van der Waals surface area contributed by atoms with Crippen molar-refractivity contribution in [3.63, 3.8) is 0 Å². The maximum atomic E-state index is 11.9. The summed E-state index contributed by atoms with van der Waals surface area (Å²) in [6.07, 6.45) is 9.26. The second kappa shape index (κ2) is 8.21. The van der Waals surface area contributed by atoms with Crippen LogP contribution in [-0.4, -0.2) is 60.9 Å². The molecule has 1 N–H and O–H groups in total. The number of hydrogen-bond acceptors (Lipinski definition) is 6. The number of piperidine rings is 1. The van der Waals surface area contributed by atoms with Crippen LogP contribution in [0.2, 0.25) is 0 Å². The highest BCUT2D eigenvalue weighted by atomic mass is 16.5. The third kappa shape index (κ3) is 4.87. The van der Waals surface area contributed by atoms with Gasteiger partial charge in [0.15, 0.2) is 0 Å². The Morgan fingerprint density at radius 3 is 2.91 bits per heavy atom. The highest BCUT2D eigenvalue weighted by Crippen LogP contribution is 2.16. The zero-order chi connectivity index (χ0) is 15.9. The smallest absolute Gasteiger partial charge is 0.246 e. The first-order valence-corrected chi connectivity index (χ1v) is 8.31. The van der Waals surface area contributed by atoms with Gasteiger partial charge in [0.25, 0.3) is 0 Å². The normalized spacial score (nSPS) is 22.3. The van der Waals surface area contributed by atoms with Crippen LogP contribution in [0.25, 0.3) is 0 Å². The van der Waals surface area contributed by atoms with Crippen molar-refractivity contribution in [2.45, 2.75) is 37.8 Å². The fraction of sp³-hybridized carbons (Fsp3) is 0.688. The summed E-state index contributed by atoms with van der Waals surface area (Å²) < 4.78 is 10.9. The average Bonchev–Trinajstić information content (AvgIpc) is 3.10. The van der Waals surface area contributed by atoms with E-state index >= 15 is 0 Å². The van der Waals surface area contributed by atoms with Crippen molar-refractivity contribution >= 4 is 11.7 Å². The first-order chi connectivity index (χ1) is 11.3. The number of carbonyl (C=O) groups excluding carboxylic acids is 1. The molecule has 2 aliphatic heterocycles. The quantitative estimate of drug-likeness (QED) is 0.834. The fourth-order valence-electron chi connectivity index (χ4n) is 3.04. The molecular weight excluding hydrogens is 296 g/mol. The Morgan fingerprint density at radius 1 is 1.35 bits per heavy atom. The largest absolute Gasteiger partial charge is 0.376 e. The van der Waals surface area contributed by atoms with E-state index in [1.54, 1.807) is 18.6 Å². The predicted octanol–water partition coefficient (Wildman–Crippen LogP) is 0.757. The van der Waals surface area contributed by atoms with Gasteiger partial charge in [-0.15, -0.1) is 0 Å². The molecule has 2 saturated heterocycles. The molecule has 1 unspecified atom stereocenters. The summed E-state index contributed by atoms with van der Waals surface area (Å²) in [5.41, 5.74) is 0. The summed E-state index contributed by atoms with van der Waals surface area (Å²) in [5.74, 6) is 0.859. The molecule has 1 aromatic heterocycles. The molecule has 0 spiro atoms. The van der Waals surface area contributed by atoms with Gasteiger partial charge in [0, 0.05) is 38.1 Å². The van der Waals surface area contributed by atoms with Crippen LogP contribution in [0.3, 0.4) is 0 Å². The Hall–Kier alpha value is -1.73. The lowest BCUT2D eigenvalue weighted by Gasteiger charge is -2.32.